The van der Waals surface area contributed by atoms with Crippen molar-refractivity contribution >= 4 is 17.7 Å². The van der Waals surface area contributed by atoms with Crippen LogP contribution in [0.25, 0.3) is 11.4 Å². The van der Waals surface area contributed by atoms with Gasteiger partial charge in [0, 0.05) is 18.7 Å². The molecule has 1 aliphatic rings. The number of hydrogen-bond acceptors (Lipinski definition) is 5. The van der Waals surface area contributed by atoms with Crippen LogP contribution in [0.1, 0.15) is 26.7 Å². The number of nitrogens with zero attached hydrogens (tertiary/aromatic N) is 3. The first-order valence-electron chi connectivity index (χ1n) is 8.57. The summed E-state index contributed by atoms with van der Waals surface area (Å²) in [6.45, 7) is 4.95. The number of hydrogen-bond donors (Lipinski definition) is 1. The van der Waals surface area contributed by atoms with Crippen molar-refractivity contribution in [2.24, 2.45) is 13.0 Å². The number of carbonyl (C=O) groups is 1. The molecular formula is C18H24N4O2S. The minimum absolute atomic E-state index is 0.0590. The molecule has 1 saturated carbocycles. The number of thioether (sulfide) groups is 1. The highest BCUT2D eigenvalue weighted by molar-refractivity contribution is 7.99. The van der Waals surface area contributed by atoms with E-state index in [-0.39, 0.29) is 5.91 Å². The van der Waals surface area contributed by atoms with Crippen LogP contribution in [0.2, 0.25) is 0 Å². The number of nitrogens with one attached hydrogen (secondary N) is 1. The van der Waals surface area contributed by atoms with E-state index in [2.05, 4.69) is 29.4 Å². The molecule has 0 saturated heterocycles. The maximum atomic E-state index is 11.8. The number of amides is 1. The van der Waals surface area contributed by atoms with E-state index in [9.17, 15) is 4.79 Å². The van der Waals surface area contributed by atoms with E-state index in [1.54, 1.807) is 0 Å². The molecule has 0 radical (unpaired) electrons. The Hall–Kier alpha value is -2.02. The van der Waals surface area contributed by atoms with Gasteiger partial charge in [-0.2, -0.15) is 0 Å². The van der Waals surface area contributed by atoms with Crippen molar-refractivity contribution in [3.8, 4) is 17.1 Å². The van der Waals surface area contributed by atoms with Gasteiger partial charge in [-0.3, -0.25) is 4.79 Å². The number of rotatable bonds is 8. The van der Waals surface area contributed by atoms with E-state index < -0.39 is 0 Å². The van der Waals surface area contributed by atoms with Gasteiger partial charge < -0.3 is 14.6 Å². The van der Waals surface area contributed by atoms with Gasteiger partial charge in [-0.1, -0.05) is 25.6 Å². The lowest BCUT2D eigenvalue weighted by atomic mass is 10.2. The fourth-order valence-corrected chi connectivity index (χ4v) is 3.00. The minimum atomic E-state index is 0.0590. The summed E-state index contributed by atoms with van der Waals surface area (Å²) in [5.41, 5.74) is 0.973. The molecule has 1 aromatic carbocycles. The summed E-state index contributed by atoms with van der Waals surface area (Å²) in [6, 6.07) is 8.24. The predicted octanol–water partition coefficient (Wildman–Crippen LogP) is 2.89. The van der Waals surface area contributed by atoms with Crippen LogP contribution in [0.4, 0.5) is 0 Å². The molecule has 0 spiro atoms. The molecule has 6 nitrogen and oxygen atoms in total. The van der Waals surface area contributed by atoms with E-state index in [4.69, 9.17) is 4.74 Å². The van der Waals surface area contributed by atoms with Crippen LogP contribution in [-0.2, 0) is 11.8 Å². The lowest BCUT2D eigenvalue weighted by molar-refractivity contribution is -0.118. The zero-order valence-electron chi connectivity index (χ0n) is 14.9. The zero-order chi connectivity index (χ0) is 17.8. The molecule has 134 valence electrons. The van der Waals surface area contributed by atoms with Gasteiger partial charge in [-0.05, 0) is 43.0 Å². The van der Waals surface area contributed by atoms with E-state index >= 15 is 0 Å². The Balaban J connectivity index is 1.60. The number of ether oxygens (including phenoxy) is 1. The largest absolute Gasteiger partial charge is 0.493 e. The van der Waals surface area contributed by atoms with Gasteiger partial charge in [0.15, 0.2) is 11.0 Å². The third-order valence-electron chi connectivity index (χ3n) is 3.81. The van der Waals surface area contributed by atoms with E-state index in [1.807, 2.05) is 35.9 Å². The van der Waals surface area contributed by atoms with Crippen molar-refractivity contribution in [3.05, 3.63) is 24.3 Å². The average molecular weight is 360 g/mol. The number of benzene rings is 1. The molecule has 0 atom stereocenters. The van der Waals surface area contributed by atoms with E-state index in [0.717, 1.165) is 35.1 Å². The molecule has 7 heteroatoms. The monoisotopic (exact) mass is 360 g/mol. The Bertz CT molecular complexity index is 723. The highest BCUT2D eigenvalue weighted by Crippen LogP contribution is 2.25. The molecule has 0 aliphatic heterocycles. The maximum Gasteiger partial charge on any atom is 0.230 e. The molecule has 2 aromatic rings. The maximum absolute atomic E-state index is 11.8. The minimum Gasteiger partial charge on any atom is -0.493 e. The molecule has 1 aromatic heterocycles. The standard InChI is InChI=1S/C18H24N4O2S/c1-12(2)10-24-15-8-4-13(5-9-15)17-20-21-18(22(17)3)25-11-16(23)19-14-6-7-14/h4-5,8-9,12,14H,6-7,10-11H2,1-3H3,(H,19,23). The average Bonchev–Trinajstić information content (AvgIpc) is 3.33. The summed E-state index contributed by atoms with van der Waals surface area (Å²) in [6.07, 6.45) is 2.20. The molecule has 25 heavy (non-hydrogen) atoms. The van der Waals surface area contributed by atoms with Crippen LogP contribution in [0.5, 0.6) is 5.75 Å². The Morgan fingerprint density at radius 3 is 2.68 bits per heavy atom. The summed E-state index contributed by atoms with van der Waals surface area (Å²) in [5.74, 6) is 2.55. The first-order valence-corrected chi connectivity index (χ1v) is 9.56. The van der Waals surface area contributed by atoms with Crippen molar-refractivity contribution in [1.29, 1.82) is 0 Å². The highest BCUT2D eigenvalue weighted by Gasteiger charge is 2.23. The second-order valence-corrected chi connectivity index (χ2v) is 7.67. The smallest absolute Gasteiger partial charge is 0.230 e. The predicted molar refractivity (Wildman–Crippen MR) is 98.7 cm³/mol. The van der Waals surface area contributed by atoms with Gasteiger partial charge in [0.1, 0.15) is 5.75 Å². The second-order valence-electron chi connectivity index (χ2n) is 6.72. The second kappa shape index (κ2) is 7.91. The van der Waals surface area contributed by atoms with Crippen molar-refractivity contribution in [2.45, 2.75) is 37.9 Å². The van der Waals surface area contributed by atoms with Crippen molar-refractivity contribution in [1.82, 2.24) is 20.1 Å². The first kappa shape index (κ1) is 17.8. The van der Waals surface area contributed by atoms with Crippen LogP contribution in [0.15, 0.2) is 29.4 Å². The van der Waals surface area contributed by atoms with Crippen molar-refractivity contribution < 1.29 is 9.53 Å². The van der Waals surface area contributed by atoms with Gasteiger partial charge in [-0.25, -0.2) is 0 Å². The van der Waals surface area contributed by atoms with Crippen LogP contribution in [-0.4, -0.2) is 39.1 Å². The molecule has 1 heterocycles. The SMILES string of the molecule is CC(C)COc1ccc(-c2nnc(SCC(=O)NC3CC3)n2C)cc1. The molecule has 1 N–H and O–H groups in total. The molecule has 1 aliphatic carbocycles. The van der Waals surface area contributed by atoms with Crippen LogP contribution in [0.3, 0.4) is 0 Å². The van der Waals surface area contributed by atoms with E-state index in [0.29, 0.717) is 24.3 Å². The van der Waals surface area contributed by atoms with Gasteiger partial charge in [0.05, 0.1) is 12.4 Å². The van der Waals surface area contributed by atoms with Crippen LogP contribution in [0, 0.1) is 5.92 Å². The Morgan fingerprint density at radius 2 is 2.04 bits per heavy atom. The summed E-state index contributed by atoms with van der Waals surface area (Å²) >= 11 is 1.41. The fraction of sp³-hybridized carbons (Fsp3) is 0.500. The molecule has 0 bridgehead atoms. The number of aromatic nitrogens is 3. The zero-order valence-corrected chi connectivity index (χ0v) is 15.7. The third kappa shape index (κ3) is 4.98. The third-order valence-corrected chi connectivity index (χ3v) is 4.83. The van der Waals surface area contributed by atoms with Gasteiger partial charge in [0.25, 0.3) is 0 Å². The summed E-state index contributed by atoms with van der Waals surface area (Å²) in [4.78, 5) is 11.8. The summed E-state index contributed by atoms with van der Waals surface area (Å²) in [7, 11) is 1.92. The molecule has 0 unspecified atom stereocenters. The summed E-state index contributed by atoms with van der Waals surface area (Å²) in [5, 5.41) is 12.2. The molecule has 1 fully saturated rings. The Labute approximate surface area is 152 Å². The van der Waals surface area contributed by atoms with Gasteiger partial charge >= 0.3 is 0 Å². The lowest BCUT2D eigenvalue weighted by Gasteiger charge is -2.09. The van der Waals surface area contributed by atoms with Crippen LogP contribution < -0.4 is 10.1 Å². The van der Waals surface area contributed by atoms with Gasteiger partial charge in [0.2, 0.25) is 5.91 Å². The van der Waals surface area contributed by atoms with E-state index in [1.165, 1.54) is 11.8 Å². The Morgan fingerprint density at radius 1 is 1.32 bits per heavy atom. The topological polar surface area (TPSA) is 69.0 Å². The normalized spacial score (nSPS) is 13.9. The first-order chi connectivity index (χ1) is 12.0. The highest BCUT2D eigenvalue weighted by atomic mass is 32.2. The molecular weight excluding hydrogens is 336 g/mol. The fourth-order valence-electron chi connectivity index (χ4n) is 2.28. The molecule has 3 rings (SSSR count). The lowest BCUT2D eigenvalue weighted by Crippen LogP contribution is -2.27. The molecule has 1 amide bonds. The van der Waals surface area contributed by atoms with Crippen LogP contribution >= 0.6 is 11.8 Å². The van der Waals surface area contributed by atoms with Gasteiger partial charge in [-0.15, -0.1) is 10.2 Å². The van der Waals surface area contributed by atoms with Crippen molar-refractivity contribution in [2.75, 3.05) is 12.4 Å². The summed E-state index contributed by atoms with van der Waals surface area (Å²) < 4.78 is 7.62. The quantitative estimate of drug-likeness (QED) is 0.733. The van der Waals surface area contributed by atoms with Crippen molar-refractivity contribution in [3.63, 3.8) is 0 Å². The number of carbonyl (C=O) groups excluding carboxylic acids is 1. The Kier molecular flexibility index (Phi) is 5.63.